The molecule has 0 fully saturated rings. The highest BCUT2D eigenvalue weighted by Gasteiger charge is 2.15. The van der Waals surface area contributed by atoms with Crippen LogP contribution in [0.3, 0.4) is 0 Å². The van der Waals surface area contributed by atoms with Gasteiger partial charge >= 0.3 is 0 Å². The molecule has 0 aliphatic carbocycles. The number of anilines is 1. The fourth-order valence-electron chi connectivity index (χ4n) is 2.38. The average molecular weight is 329 g/mol. The van der Waals surface area contributed by atoms with Gasteiger partial charge in [-0.3, -0.25) is 4.79 Å². The minimum Gasteiger partial charge on any atom is -0.494 e. The highest BCUT2D eigenvalue weighted by atomic mass is 16.7. The highest BCUT2D eigenvalue weighted by Crippen LogP contribution is 2.34. The number of hydrogen-bond donors (Lipinski definition) is 1. The number of benzene rings is 2. The van der Waals surface area contributed by atoms with Crippen molar-refractivity contribution in [3.63, 3.8) is 0 Å². The summed E-state index contributed by atoms with van der Waals surface area (Å²) in [7, 11) is 0. The third-order valence-electron chi connectivity index (χ3n) is 3.39. The first kappa shape index (κ1) is 16.0. The van der Waals surface area contributed by atoms with Gasteiger partial charge in [0.05, 0.1) is 13.2 Å². The highest BCUT2D eigenvalue weighted by molar-refractivity contribution is 6.05. The van der Waals surface area contributed by atoms with Crippen LogP contribution in [0.15, 0.2) is 36.4 Å². The SMILES string of the molecule is CCOc1cc(OCC)cc(C(=O)Nc2ccc3c(c2)OCO3)c1. The van der Waals surface area contributed by atoms with Crippen molar-refractivity contribution in [2.75, 3.05) is 25.3 Å². The molecule has 1 aliphatic heterocycles. The number of ether oxygens (including phenoxy) is 4. The van der Waals surface area contributed by atoms with Crippen molar-refractivity contribution in [1.82, 2.24) is 0 Å². The molecular formula is C18H19NO5. The van der Waals surface area contributed by atoms with E-state index in [0.717, 1.165) is 0 Å². The predicted molar refractivity (Wildman–Crippen MR) is 89.3 cm³/mol. The van der Waals surface area contributed by atoms with E-state index in [1.807, 2.05) is 13.8 Å². The van der Waals surface area contributed by atoms with Crippen LogP contribution < -0.4 is 24.3 Å². The molecule has 2 aromatic carbocycles. The molecule has 1 heterocycles. The van der Waals surface area contributed by atoms with Crippen LogP contribution in [0.4, 0.5) is 5.69 Å². The molecule has 0 unspecified atom stereocenters. The smallest absolute Gasteiger partial charge is 0.255 e. The van der Waals surface area contributed by atoms with Crippen LogP contribution in [-0.4, -0.2) is 25.9 Å². The van der Waals surface area contributed by atoms with Crippen LogP contribution in [0.5, 0.6) is 23.0 Å². The maximum atomic E-state index is 12.5. The lowest BCUT2D eigenvalue weighted by atomic mass is 10.1. The quantitative estimate of drug-likeness (QED) is 0.879. The van der Waals surface area contributed by atoms with Crippen LogP contribution in [-0.2, 0) is 0 Å². The molecule has 0 bridgehead atoms. The van der Waals surface area contributed by atoms with Crippen LogP contribution in [0, 0.1) is 0 Å². The maximum absolute atomic E-state index is 12.5. The lowest BCUT2D eigenvalue weighted by molar-refractivity contribution is 0.102. The van der Waals surface area contributed by atoms with Crippen LogP contribution in [0.25, 0.3) is 0 Å². The number of amides is 1. The first-order valence-corrected chi connectivity index (χ1v) is 7.81. The van der Waals surface area contributed by atoms with Crippen LogP contribution >= 0.6 is 0 Å². The summed E-state index contributed by atoms with van der Waals surface area (Å²) in [4.78, 5) is 12.5. The zero-order valence-electron chi connectivity index (χ0n) is 13.6. The molecular weight excluding hydrogens is 310 g/mol. The molecule has 2 aromatic rings. The standard InChI is InChI=1S/C18H19NO5/c1-3-21-14-7-12(8-15(10-14)22-4-2)18(20)19-13-5-6-16-17(9-13)24-11-23-16/h5-10H,3-4,11H2,1-2H3,(H,19,20). The number of carbonyl (C=O) groups excluding carboxylic acids is 1. The number of fused-ring (bicyclic) bond motifs is 1. The molecule has 6 nitrogen and oxygen atoms in total. The molecule has 0 saturated carbocycles. The average Bonchev–Trinajstić information content (AvgIpc) is 3.03. The van der Waals surface area contributed by atoms with Crippen molar-refractivity contribution < 1.29 is 23.7 Å². The zero-order chi connectivity index (χ0) is 16.9. The molecule has 3 rings (SSSR count). The van der Waals surface area contributed by atoms with Crippen molar-refractivity contribution in [2.45, 2.75) is 13.8 Å². The molecule has 24 heavy (non-hydrogen) atoms. The monoisotopic (exact) mass is 329 g/mol. The predicted octanol–water partition coefficient (Wildman–Crippen LogP) is 3.47. The molecule has 1 aliphatic rings. The third kappa shape index (κ3) is 3.53. The number of hydrogen-bond acceptors (Lipinski definition) is 5. The largest absolute Gasteiger partial charge is 0.494 e. The molecule has 0 radical (unpaired) electrons. The lowest BCUT2D eigenvalue weighted by Gasteiger charge is -2.11. The second-order valence-electron chi connectivity index (χ2n) is 5.08. The van der Waals surface area contributed by atoms with Gasteiger partial charge in [-0.15, -0.1) is 0 Å². The topological polar surface area (TPSA) is 66.0 Å². The van der Waals surface area contributed by atoms with E-state index in [1.54, 1.807) is 36.4 Å². The van der Waals surface area contributed by atoms with Crippen molar-refractivity contribution in [3.05, 3.63) is 42.0 Å². The van der Waals surface area contributed by atoms with Gasteiger partial charge in [0.25, 0.3) is 5.91 Å². The van der Waals surface area contributed by atoms with E-state index < -0.39 is 0 Å². The maximum Gasteiger partial charge on any atom is 0.255 e. The van der Waals surface area contributed by atoms with E-state index in [-0.39, 0.29) is 12.7 Å². The van der Waals surface area contributed by atoms with Gasteiger partial charge in [0.1, 0.15) is 11.5 Å². The minimum absolute atomic E-state index is 0.195. The Balaban J connectivity index is 1.80. The van der Waals surface area contributed by atoms with Crippen molar-refractivity contribution in [2.24, 2.45) is 0 Å². The fraction of sp³-hybridized carbons (Fsp3) is 0.278. The van der Waals surface area contributed by atoms with Crippen LogP contribution in [0.2, 0.25) is 0 Å². The Morgan fingerprint density at radius 3 is 2.33 bits per heavy atom. The van der Waals surface area contributed by atoms with E-state index in [9.17, 15) is 4.79 Å². The summed E-state index contributed by atoms with van der Waals surface area (Å²) in [6, 6.07) is 10.4. The van der Waals surface area contributed by atoms with Crippen molar-refractivity contribution in [3.8, 4) is 23.0 Å². The number of carbonyl (C=O) groups is 1. The Morgan fingerprint density at radius 1 is 1.00 bits per heavy atom. The Bertz CT molecular complexity index is 720. The second kappa shape index (κ2) is 7.12. The summed E-state index contributed by atoms with van der Waals surface area (Å²) in [5.74, 6) is 2.23. The van der Waals surface area contributed by atoms with E-state index in [4.69, 9.17) is 18.9 Å². The van der Waals surface area contributed by atoms with Gasteiger partial charge < -0.3 is 24.3 Å². The van der Waals surface area contributed by atoms with Crippen molar-refractivity contribution >= 4 is 11.6 Å². The molecule has 0 aromatic heterocycles. The zero-order valence-corrected chi connectivity index (χ0v) is 13.6. The Labute approximate surface area is 140 Å². The molecule has 1 amide bonds. The molecule has 6 heteroatoms. The lowest BCUT2D eigenvalue weighted by Crippen LogP contribution is -2.12. The first-order chi connectivity index (χ1) is 11.7. The second-order valence-corrected chi connectivity index (χ2v) is 5.08. The summed E-state index contributed by atoms with van der Waals surface area (Å²) in [5.41, 5.74) is 1.09. The summed E-state index contributed by atoms with van der Waals surface area (Å²) < 4.78 is 21.6. The Hall–Kier alpha value is -2.89. The first-order valence-electron chi connectivity index (χ1n) is 7.81. The molecule has 0 atom stereocenters. The molecule has 1 N–H and O–H groups in total. The third-order valence-corrected chi connectivity index (χ3v) is 3.39. The number of nitrogens with one attached hydrogen (secondary N) is 1. The van der Waals surface area contributed by atoms with Gasteiger partial charge in [0.15, 0.2) is 11.5 Å². The van der Waals surface area contributed by atoms with Gasteiger partial charge in [-0.05, 0) is 38.1 Å². The summed E-state index contributed by atoms with van der Waals surface area (Å²) in [6.45, 7) is 5.00. The van der Waals surface area contributed by atoms with E-state index in [0.29, 0.717) is 47.5 Å². The van der Waals surface area contributed by atoms with E-state index >= 15 is 0 Å². The summed E-state index contributed by atoms with van der Waals surface area (Å²) in [5, 5.41) is 2.84. The Morgan fingerprint density at radius 2 is 1.67 bits per heavy atom. The van der Waals surface area contributed by atoms with Gasteiger partial charge in [-0.1, -0.05) is 0 Å². The molecule has 126 valence electrons. The normalized spacial score (nSPS) is 11.9. The molecule has 0 saturated heterocycles. The minimum atomic E-state index is -0.253. The van der Waals surface area contributed by atoms with E-state index in [2.05, 4.69) is 5.32 Å². The van der Waals surface area contributed by atoms with Gasteiger partial charge in [0, 0.05) is 23.4 Å². The fourth-order valence-corrected chi connectivity index (χ4v) is 2.38. The summed E-state index contributed by atoms with van der Waals surface area (Å²) >= 11 is 0. The van der Waals surface area contributed by atoms with Crippen LogP contribution in [0.1, 0.15) is 24.2 Å². The summed E-state index contributed by atoms with van der Waals surface area (Å²) in [6.07, 6.45) is 0. The number of rotatable bonds is 6. The molecule has 0 spiro atoms. The van der Waals surface area contributed by atoms with E-state index in [1.165, 1.54) is 0 Å². The van der Waals surface area contributed by atoms with Gasteiger partial charge in [0.2, 0.25) is 6.79 Å². The van der Waals surface area contributed by atoms with Gasteiger partial charge in [-0.25, -0.2) is 0 Å². The van der Waals surface area contributed by atoms with Crippen molar-refractivity contribution in [1.29, 1.82) is 0 Å². The Kier molecular flexibility index (Phi) is 4.74. The van der Waals surface area contributed by atoms with Gasteiger partial charge in [-0.2, -0.15) is 0 Å².